The number of thioether (sulfide) groups is 1. The van der Waals surface area contributed by atoms with Crippen LogP contribution in [0.5, 0.6) is 0 Å². The second kappa shape index (κ2) is 8.55. The van der Waals surface area contributed by atoms with Crippen LogP contribution in [0.3, 0.4) is 0 Å². The molecule has 1 aliphatic heterocycles. The highest BCUT2D eigenvalue weighted by molar-refractivity contribution is 7.99. The number of carbonyl (C=O) groups is 1. The van der Waals surface area contributed by atoms with Crippen molar-refractivity contribution >= 4 is 23.6 Å². The summed E-state index contributed by atoms with van der Waals surface area (Å²) >= 11 is 1.11. The van der Waals surface area contributed by atoms with Crippen molar-refractivity contribution in [2.24, 2.45) is 0 Å². The van der Waals surface area contributed by atoms with E-state index in [1.54, 1.807) is 18.5 Å². The first-order valence-corrected chi connectivity index (χ1v) is 9.38. The van der Waals surface area contributed by atoms with Gasteiger partial charge < -0.3 is 10.2 Å². The minimum atomic E-state index is -4.41. The number of rotatable bonds is 5. The number of alkyl halides is 3. The van der Waals surface area contributed by atoms with E-state index in [0.717, 1.165) is 50.0 Å². The second-order valence-electron chi connectivity index (χ2n) is 6.05. The van der Waals surface area contributed by atoms with Crippen LogP contribution in [0.15, 0.2) is 41.8 Å². The Morgan fingerprint density at radius 3 is 2.48 bits per heavy atom. The largest absolute Gasteiger partial charge is 0.417 e. The van der Waals surface area contributed by atoms with Gasteiger partial charge >= 0.3 is 6.18 Å². The van der Waals surface area contributed by atoms with Crippen LogP contribution in [0, 0.1) is 0 Å². The average Bonchev–Trinajstić information content (AvgIpc) is 2.67. The van der Waals surface area contributed by atoms with Crippen molar-refractivity contribution in [3.63, 3.8) is 0 Å². The van der Waals surface area contributed by atoms with Gasteiger partial charge in [-0.25, -0.2) is 15.0 Å². The molecule has 144 valence electrons. The van der Waals surface area contributed by atoms with Gasteiger partial charge in [-0.15, -0.1) is 0 Å². The Bertz CT molecular complexity index is 749. The molecule has 3 rings (SSSR count). The van der Waals surface area contributed by atoms with Gasteiger partial charge in [-0.1, -0.05) is 11.8 Å². The molecule has 1 fully saturated rings. The zero-order valence-electron chi connectivity index (χ0n) is 14.3. The van der Waals surface area contributed by atoms with Crippen LogP contribution in [0.25, 0.3) is 0 Å². The lowest BCUT2D eigenvalue weighted by molar-refractivity contribution is -0.137. The molecule has 6 nitrogen and oxygen atoms in total. The van der Waals surface area contributed by atoms with Gasteiger partial charge in [0.15, 0.2) is 0 Å². The average molecular weight is 397 g/mol. The predicted molar refractivity (Wildman–Crippen MR) is 95.4 cm³/mol. The maximum atomic E-state index is 12.5. The number of hydrogen-bond donors (Lipinski definition) is 1. The Balaban J connectivity index is 1.41. The summed E-state index contributed by atoms with van der Waals surface area (Å²) in [6, 6.07) is 4.08. The molecule has 0 radical (unpaired) electrons. The van der Waals surface area contributed by atoms with Crippen molar-refractivity contribution < 1.29 is 18.0 Å². The van der Waals surface area contributed by atoms with E-state index >= 15 is 0 Å². The Hall–Kier alpha value is -2.36. The van der Waals surface area contributed by atoms with E-state index in [9.17, 15) is 18.0 Å². The molecule has 10 heteroatoms. The zero-order valence-corrected chi connectivity index (χ0v) is 15.1. The quantitative estimate of drug-likeness (QED) is 0.783. The number of piperidine rings is 1. The predicted octanol–water partition coefficient (Wildman–Crippen LogP) is 2.77. The molecular weight excluding hydrogens is 379 g/mol. The lowest BCUT2D eigenvalue weighted by atomic mass is 10.1. The smallest absolute Gasteiger partial charge is 0.353 e. The summed E-state index contributed by atoms with van der Waals surface area (Å²) in [4.78, 5) is 26.3. The third kappa shape index (κ3) is 5.56. The van der Waals surface area contributed by atoms with Crippen molar-refractivity contribution in [2.45, 2.75) is 30.1 Å². The highest BCUT2D eigenvalue weighted by Crippen LogP contribution is 2.29. The molecule has 3 heterocycles. The zero-order chi connectivity index (χ0) is 19.3. The molecule has 0 aromatic carbocycles. The van der Waals surface area contributed by atoms with E-state index in [1.807, 2.05) is 0 Å². The van der Waals surface area contributed by atoms with Crippen LogP contribution in [-0.4, -0.2) is 45.7 Å². The summed E-state index contributed by atoms with van der Waals surface area (Å²) in [5, 5.41) is 3.35. The Kier molecular flexibility index (Phi) is 6.15. The van der Waals surface area contributed by atoms with Gasteiger partial charge in [-0.05, 0) is 31.0 Å². The van der Waals surface area contributed by atoms with E-state index in [0.29, 0.717) is 11.0 Å². The Morgan fingerprint density at radius 1 is 1.19 bits per heavy atom. The molecule has 1 aliphatic rings. The minimum absolute atomic E-state index is 0.0682. The molecule has 0 aliphatic carbocycles. The van der Waals surface area contributed by atoms with Crippen molar-refractivity contribution in [1.29, 1.82) is 0 Å². The van der Waals surface area contributed by atoms with Gasteiger partial charge in [0.1, 0.15) is 0 Å². The SMILES string of the molecule is O=C(CSc1ccc(C(F)(F)F)cn1)NC1CCN(c2ncccn2)CC1. The molecule has 0 spiro atoms. The Morgan fingerprint density at radius 2 is 1.89 bits per heavy atom. The summed E-state index contributed by atoms with van der Waals surface area (Å²) < 4.78 is 37.5. The van der Waals surface area contributed by atoms with Gasteiger partial charge in [-0.3, -0.25) is 4.79 Å². The van der Waals surface area contributed by atoms with Gasteiger partial charge in [-0.2, -0.15) is 13.2 Å². The molecule has 0 saturated carbocycles. The fourth-order valence-corrected chi connectivity index (χ4v) is 3.37. The normalized spacial score (nSPS) is 15.6. The third-order valence-electron chi connectivity index (χ3n) is 4.11. The monoisotopic (exact) mass is 397 g/mol. The fraction of sp³-hybridized carbons (Fsp3) is 0.412. The minimum Gasteiger partial charge on any atom is -0.353 e. The van der Waals surface area contributed by atoms with Crippen LogP contribution >= 0.6 is 11.8 Å². The van der Waals surface area contributed by atoms with Crippen LogP contribution in [-0.2, 0) is 11.0 Å². The first-order valence-electron chi connectivity index (χ1n) is 8.39. The van der Waals surface area contributed by atoms with Gasteiger partial charge in [0.05, 0.1) is 16.3 Å². The van der Waals surface area contributed by atoms with E-state index in [1.165, 1.54) is 6.07 Å². The Labute approximate surface area is 158 Å². The van der Waals surface area contributed by atoms with Crippen molar-refractivity contribution in [3.8, 4) is 0 Å². The summed E-state index contributed by atoms with van der Waals surface area (Å²) in [5.74, 6) is 0.641. The maximum Gasteiger partial charge on any atom is 0.417 e. The topological polar surface area (TPSA) is 71.0 Å². The summed E-state index contributed by atoms with van der Waals surface area (Å²) in [6.07, 6.45) is 1.33. The number of aromatic nitrogens is 3. The summed E-state index contributed by atoms with van der Waals surface area (Å²) in [7, 11) is 0. The first kappa shape index (κ1) is 19.4. The van der Waals surface area contributed by atoms with Crippen LogP contribution in [0.2, 0.25) is 0 Å². The molecule has 0 atom stereocenters. The number of hydrogen-bond acceptors (Lipinski definition) is 6. The number of nitrogens with zero attached hydrogens (tertiary/aromatic N) is 4. The number of nitrogens with one attached hydrogen (secondary N) is 1. The van der Waals surface area contributed by atoms with Crippen LogP contribution in [0.1, 0.15) is 18.4 Å². The van der Waals surface area contributed by atoms with Crippen molar-refractivity contribution in [3.05, 3.63) is 42.4 Å². The number of amides is 1. The highest BCUT2D eigenvalue weighted by Gasteiger charge is 2.30. The van der Waals surface area contributed by atoms with Gasteiger partial charge in [0.25, 0.3) is 0 Å². The van der Waals surface area contributed by atoms with Gasteiger partial charge in [0.2, 0.25) is 11.9 Å². The molecule has 27 heavy (non-hydrogen) atoms. The summed E-state index contributed by atoms with van der Waals surface area (Å²) in [5.41, 5.74) is -0.801. The van der Waals surface area contributed by atoms with Crippen molar-refractivity contribution in [1.82, 2.24) is 20.3 Å². The number of pyridine rings is 1. The van der Waals surface area contributed by atoms with Gasteiger partial charge in [0, 0.05) is 37.7 Å². The highest BCUT2D eigenvalue weighted by atomic mass is 32.2. The fourth-order valence-electron chi connectivity index (χ4n) is 2.72. The molecule has 1 N–H and O–H groups in total. The number of carbonyl (C=O) groups excluding carboxylic acids is 1. The maximum absolute atomic E-state index is 12.5. The lowest BCUT2D eigenvalue weighted by Gasteiger charge is -2.32. The van der Waals surface area contributed by atoms with Crippen LogP contribution in [0.4, 0.5) is 19.1 Å². The molecular formula is C17H18F3N5OS. The van der Waals surface area contributed by atoms with E-state index < -0.39 is 11.7 Å². The third-order valence-corrected chi connectivity index (χ3v) is 5.05. The van der Waals surface area contributed by atoms with Crippen LogP contribution < -0.4 is 10.2 Å². The number of anilines is 1. The molecule has 1 saturated heterocycles. The molecule has 2 aromatic heterocycles. The molecule has 2 aromatic rings. The second-order valence-corrected chi connectivity index (χ2v) is 7.04. The van der Waals surface area contributed by atoms with E-state index in [4.69, 9.17) is 0 Å². The number of halogens is 3. The first-order chi connectivity index (χ1) is 12.9. The van der Waals surface area contributed by atoms with Crippen molar-refractivity contribution in [2.75, 3.05) is 23.7 Å². The molecule has 0 bridgehead atoms. The van der Waals surface area contributed by atoms with E-state index in [2.05, 4.69) is 25.2 Å². The molecule has 0 unspecified atom stereocenters. The molecule has 1 amide bonds. The van der Waals surface area contributed by atoms with E-state index in [-0.39, 0.29) is 17.7 Å². The summed E-state index contributed by atoms with van der Waals surface area (Å²) in [6.45, 7) is 1.51. The standard InChI is InChI=1S/C17H18F3N5OS/c18-17(19,20)12-2-3-15(23-10-12)27-11-14(26)24-13-4-8-25(9-5-13)16-21-6-1-7-22-16/h1-3,6-7,10,13H,4-5,8-9,11H2,(H,24,26). The lowest BCUT2D eigenvalue weighted by Crippen LogP contribution is -2.45.